The first-order valence-corrected chi connectivity index (χ1v) is 9.28. The molecular weight excluding hydrogens is 367 g/mol. The lowest BCUT2D eigenvalue weighted by molar-refractivity contribution is -0.118. The monoisotopic (exact) mass is 386 g/mol. The average Bonchev–Trinajstić information content (AvgIpc) is 3.15. The van der Waals surface area contributed by atoms with Crippen LogP contribution in [0, 0.1) is 5.82 Å². The van der Waals surface area contributed by atoms with Gasteiger partial charge in [0, 0.05) is 10.9 Å². The second kappa shape index (κ2) is 8.64. The predicted molar refractivity (Wildman–Crippen MR) is 104 cm³/mol. The number of carbonyl (C=O) groups excluding carboxylic acids is 1. The van der Waals surface area contributed by atoms with Crippen LogP contribution in [0.3, 0.4) is 0 Å². The Morgan fingerprint density at radius 1 is 1.26 bits per heavy atom. The van der Waals surface area contributed by atoms with Crippen molar-refractivity contribution in [3.63, 3.8) is 0 Å². The first-order valence-electron chi connectivity index (χ1n) is 8.40. The smallest absolute Gasteiger partial charge is 0.264 e. The van der Waals surface area contributed by atoms with Crippen molar-refractivity contribution in [1.29, 1.82) is 0 Å². The summed E-state index contributed by atoms with van der Waals surface area (Å²) in [5, 5.41) is 4.87. The quantitative estimate of drug-likeness (QED) is 0.648. The maximum absolute atomic E-state index is 13.8. The second-order valence-electron chi connectivity index (χ2n) is 5.73. The standard InChI is InChI=1S/C20H19FN2O3S/c1-3-13-5-4-6-15(9-13)26-11-19(24)23-20-22-17(12-27-20)14-7-8-18(25-2)16(21)10-14/h4-10,12H,3,11H2,1-2H3,(H,22,23,24). The van der Waals surface area contributed by atoms with Gasteiger partial charge in [-0.3, -0.25) is 10.1 Å². The van der Waals surface area contributed by atoms with Crippen molar-refractivity contribution >= 4 is 22.4 Å². The van der Waals surface area contributed by atoms with Gasteiger partial charge in [0.2, 0.25) is 0 Å². The molecule has 2 aromatic carbocycles. The highest BCUT2D eigenvalue weighted by atomic mass is 32.1. The molecule has 0 atom stereocenters. The van der Waals surface area contributed by atoms with Gasteiger partial charge in [-0.05, 0) is 42.3 Å². The van der Waals surface area contributed by atoms with E-state index in [1.54, 1.807) is 17.5 Å². The predicted octanol–water partition coefficient (Wildman–Crippen LogP) is 4.54. The summed E-state index contributed by atoms with van der Waals surface area (Å²) in [6.45, 7) is 1.94. The fourth-order valence-electron chi connectivity index (χ4n) is 2.45. The number of aryl methyl sites for hydroxylation is 1. The highest BCUT2D eigenvalue weighted by molar-refractivity contribution is 7.14. The van der Waals surface area contributed by atoms with E-state index >= 15 is 0 Å². The van der Waals surface area contributed by atoms with Crippen LogP contribution in [0.2, 0.25) is 0 Å². The van der Waals surface area contributed by atoms with Crippen LogP contribution in [0.5, 0.6) is 11.5 Å². The van der Waals surface area contributed by atoms with Gasteiger partial charge in [0.15, 0.2) is 23.3 Å². The van der Waals surface area contributed by atoms with E-state index in [4.69, 9.17) is 9.47 Å². The first kappa shape index (κ1) is 18.8. The summed E-state index contributed by atoms with van der Waals surface area (Å²) in [6.07, 6.45) is 0.900. The zero-order valence-electron chi connectivity index (χ0n) is 15.0. The lowest BCUT2D eigenvalue weighted by Gasteiger charge is -2.07. The molecule has 27 heavy (non-hydrogen) atoms. The molecule has 0 saturated heterocycles. The van der Waals surface area contributed by atoms with E-state index in [0.717, 1.165) is 12.0 Å². The number of thiazole rings is 1. The summed E-state index contributed by atoms with van der Waals surface area (Å²) < 4.78 is 24.3. The lowest BCUT2D eigenvalue weighted by Crippen LogP contribution is -2.20. The molecule has 0 bridgehead atoms. The number of nitrogens with one attached hydrogen (secondary N) is 1. The molecule has 5 nitrogen and oxygen atoms in total. The molecule has 1 heterocycles. The number of hydrogen-bond acceptors (Lipinski definition) is 5. The number of benzene rings is 2. The number of halogens is 1. The van der Waals surface area contributed by atoms with Crippen LogP contribution >= 0.6 is 11.3 Å². The Hall–Kier alpha value is -2.93. The third-order valence-corrected chi connectivity index (χ3v) is 4.63. The highest BCUT2D eigenvalue weighted by Crippen LogP contribution is 2.28. The highest BCUT2D eigenvalue weighted by Gasteiger charge is 2.11. The zero-order chi connectivity index (χ0) is 19.2. The van der Waals surface area contributed by atoms with Crippen LogP contribution in [0.1, 0.15) is 12.5 Å². The van der Waals surface area contributed by atoms with Gasteiger partial charge in [-0.15, -0.1) is 11.3 Å². The third-order valence-electron chi connectivity index (χ3n) is 3.87. The molecule has 0 spiro atoms. The minimum Gasteiger partial charge on any atom is -0.494 e. The van der Waals surface area contributed by atoms with Crippen LogP contribution in [0.4, 0.5) is 9.52 Å². The molecule has 0 unspecified atom stereocenters. The van der Waals surface area contributed by atoms with Gasteiger partial charge in [-0.25, -0.2) is 9.37 Å². The van der Waals surface area contributed by atoms with E-state index in [0.29, 0.717) is 22.1 Å². The topological polar surface area (TPSA) is 60.5 Å². The van der Waals surface area contributed by atoms with Gasteiger partial charge >= 0.3 is 0 Å². The second-order valence-corrected chi connectivity index (χ2v) is 6.58. The Bertz CT molecular complexity index is 942. The van der Waals surface area contributed by atoms with Crippen molar-refractivity contribution in [2.75, 3.05) is 19.0 Å². The van der Waals surface area contributed by atoms with Crippen molar-refractivity contribution in [3.05, 3.63) is 59.2 Å². The molecule has 1 aromatic heterocycles. The van der Waals surface area contributed by atoms with Crippen molar-refractivity contribution < 1.29 is 18.7 Å². The third kappa shape index (κ3) is 4.83. The van der Waals surface area contributed by atoms with Crippen molar-refractivity contribution in [2.45, 2.75) is 13.3 Å². The van der Waals surface area contributed by atoms with Crippen LogP contribution in [-0.2, 0) is 11.2 Å². The normalized spacial score (nSPS) is 10.5. The molecule has 0 aliphatic carbocycles. The zero-order valence-corrected chi connectivity index (χ0v) is 15.8. The van der Waals surface area contributed by atoms with Crippen molar-refractivity contribution in [2.24, 2.45) is 0 Å². The van der Waals surface area contributed by atoms with Gasteiger partial charge < -0.3 is 9.47 Å². The Kier molecular flexibility index (Phi) is 6.03. The van der Waals surface area contributed by atoms with E-state index in [1.165, 1.54) is 24.5 Å². The van der Waals surface area contributed by atoms with Gasteiger partial charge in [0.05, 0.1) is 12.8 Å². The van der Waals surface area contributed by atoms with E-state index in [2.05, 4.69) is 17.2 Å². The Balaban J connectivity index is 1.60. The number of methoxy groups -OCH3 is 1. The summed E-state index contributed by atoms with van der Waals surface area (Å²) in [5.74, 6) is 0.0554. The van der Waals surface area contributed by atoms with E-state index in [9.17, 15) is 9.18 Å². The van der Waals surface area contributed by atoms with E-state index in [1.807, 2.05) is 24.3 Å². The van der Waals surface area contributed by atoms with Gasteiger partial charge in [0.1, 0.15) is 5.75 Å². The maximum atomic E-state index is 13.8. The molecule has 3 aromatic rings. The maximum Gasteiger partial charge on any atom is 0.264 e. The molecule has 0 radical (unpaired) electrons. The summed E-state index contributed by atoms with van der Waals surface area (Å²) in [5.41, 5.74) is 2.33. The van der Waals surface area contributed by atoms with Crippen LogP contribution in [0.15, 0.2) is 47.8 Å². The van der Waals surface area contributed by atoms with Gasteiger partial charge in [-0.1, -0.05) is 19.1 Å². The molecule has 1 amide bonds. The van der Waals surface area contributed by atoms with Gasteiger partial charge in [0.25, 0.3) is 5.91 Å². The lowest BCUT2D eigenvalue weighted by atomic mass is 10.1. The fourth-order valence-corrected chi connectivity index (χ4v) is 3.18. The average molecular weight is 386 g/mol. The fraction of sp³-hybridized carbons (Fsp3) is 0.200. The molecule has 0 aliphatic heterocycles. The number of rotatable bonds is 7. The summed E-state index contributed by atoms with van der Waals surface area (Å²) in [4.78, 5) is 16.4. The number of amides is 1. The minimum absolute atomic E-state index is 0.112. The van der Waals surface area contributed by atoms with Crippen molar-refractivity contribution in [1.82, 2.24) is 4.98 Å². The number of aromatic nitrogens is 1. The number of ether oxygens (including phenoxy) is 2. The Morgan fingerprint density at radius 2 is 2.11 bits per heavy atom. The Labute approximate surface area is 160 Å². The molecule has 0 aliphatic rings. The van der Waals surface area contributed by atoms with Crippen LogP contribution in [0.25, 0.3) is 11.3 Å². The first-order chi connectivity index (χ1) is 13.1. The molecule has 1 N–H and O–H groups in total. The van der Waals surface area contributed by atoms with E-state index in [-0.39, 0.29) is 18.3 Å². The molecule has 0 fully saturated rings. The number of nitrogens with zero attached hydrogens (tertiary/aromatic N) is 1. The summed E-state index contributed by atoms with van der Waals surface area (Å²) in [6, 6.07) is 12.2. The summed E-state index contributed by atoms with van der Waals surface area (Å²) in [7, 11) is 1.41. The molecular formula is C20H19FN2O3S. The molecule has 140 valence electrons. The SMILES string of the molecule is CCc1cccc(OCC(=O)Nc2nc(-c3ccc(OC)c(F)c3)cs2)c1. The molecule has 3 rings (SSSR count). The number of hydrogen-bond donors (Lipinski definition) is 1. The number of carbonyl (C=O) groups is 1. The van der Waals surface area contributed by atoms with Crippen LogP contribution in [-0.4, -0.2) is 24.6 Å². The Morgan fingerprint density at radius 3 is 2.85 bits per heavy atom. The number of anilines is 1. The van der Waals surface area contributed by atoms with Crippen LogP contribution < -0.4 is 14.8 Å². The summed E-state index contributed by atoms with van der Waals surface area (Å²) >= 11 is 1.26. The largest absolute Gasteiger partial charge is 0.494 e. The van der Waals surface area contributed by atoms with E-state index < -0.39 is 5.82 Å². The molecule has 7 heteroatoms. The van der Waals surface area contributed by atoms with Crippen molar-refractivity contribution in [3.8, 4) is 22.8 Å². The molecule has 0 saturated carbocycles. The minimum atomic E-state index is -0.462. The van der Waals surface area contributed by atoms with Gasteiger partial charge in [-0.2, -0.15) is 0 Å².